The molecule has 0 N–H and O–H groups in total. The third kappa shape index (κ3) is 65.7. The Morgan fingerprint density at radius 2 is 0.415 bits per heavy atom. The van der Waals surface area contributed by atoms with Crippen molar-refractivity contribution in [1.82, 2.24) is 0 Å². The van der Waals surface area contributed by atoms with E-state index in [0.29, 0.717) is 26.4 Å². The van der Waals surface area contributed by atoms with Gasteiger partial charge in [-0.1, -0.05) is 388 Å². The fraction of sp³-hybridized carbons (Fsp3) is 1.00. The van der Waals surface area contributed by atoms with Crippen molar-refractivity contribution in [1.29, 1.82) is 0 Å². The lowest BCUT2D eigenvalue weighted by Crippen LogP contribution is -2.40. The summed E-state index contributed by atoms with van der Waals surface area (Å²) in [6.07, 6.45) is 83.8. The standard InChI is InChI=1S/C76H154O6/c1-6-11-16-21-26-31-35-38-40-41-42-44-47-51-56-63-70-77-75(82-81-74-67-60-55-30-25-20-15-10-5)68-61-62-69-76(78-71-64-57-52-48-34-29-24-19-14-9-4,79-72-65-58-53-49-45-37-33-28-23-18-13-8-3)80-73-66-59-54-50-46-43-39-36-32-27-22-17-12-7-2/h75H,6-74H2,1-5H3. The van der Waals surface area contributed by atoms with Gasteiger partial charge in [-0.05, 0) is 44.9 Å². The Labute approximate surface area is 517 Å². The highest BCUT2D eigenvalue weighted by Crippen LogP contribution is 2.28. The van der Waals surface area contributed by atoms with Gasteiger partial charge in [0.15, 0.2) is 6.29 Å². The molecule has 0 aliphatic rings. The van der Waals surface area contributed by atoms with Crippen molar-refractivity contribution >= 4 is 0 Å². The van der Waals surface area contributed by atoms with Gasteiger partial charge in [-0.15, -0.1) is 0 Å². The third-order valence-electron chi connectivity index (χ3n) is 17.7. The summed E-state index contributed by atoms with van der Waals surface area (Å²) in [6, 6.07) is 0. The van der Waals surface area contributed by atoms with Gasteiger partial charge in [0.25, 0.3) is 5.97 Å². The lowest BCUT2D eigenvalue weighted by atomic mass is 10.0. The highest BCUT2D eigenvalue weighted by molar-refractivity contribution is 4.64. The zero-order chi connectivity index (χ0) is 59.1. The second kappa shape index (κ2) is 73.2. The topological polar surface area (TPSA) is 55.4 Å². The molecule has 0 radical (unpaired) electrons. The predicted octanol–water partition coefficient (Wildman–Crippen LogP) is 27.0. The van der Waals surface area contributed by atoms with Crippen molar-refractivity contribution < 1.29 is 28.7 Å². The molecule has 2 unspecified atom stereocenters. The lowest BCUT2D eigenvalue weighted by Gasteiger charge is -2.34. The summed E-state index contributed by atoms with van der Waals surface area (Å²) in [4.78, 5) is 12.0. The van der Waals surface area contributed by atoms with Crippen molar-refractivity contribution in [3.05, 3.63) is 0 Å². The summed E-state index contributed by atoms with van der Waals surface area (Å²) in [7, 11) is 0. The quantitative estimate of drug-likeness (QED) is 0.0262. The second-order valence-electron chi connectivity index (χ2n) is 26.1. The van der Waals surface area contributed by atoms with Crippen molar-refractivity contribution in [2.75, 3.05) is 33.0 Å². The van der Waals surface area contributed by atoms with E-state index >= 15 is 0 Å². The van der Waals surface area contributed by atoms with Crippen LogP contribution in [0.15, 0.2) is 0 Å². The first-order chi connectivity index (χ1) is 40.7. The Hall–Kier alpha value is -0.240. The van der Waals surface area contributed by atoms with Crippen LogP contribution in [0.3, 0.4) is 0 Å². The molecule has 0 aromatic heterocycles. The first-order valence-corrected chi connectivity index (χ1v) is 38.5. The van der Waals surface area contributed by atoms with Crippen LogP contribution in [0.2, 0.25) is 0 Å². The Morgan fingerprint density at radius 1 is 0.207 bits per heavy atom. The average Bonchev–Trinajstić information content (AvgIpc) is 3.61. The Morgan fingerprint density at radius 3 is 0.659 bits per heavy atom. The lowest BCUT2D eigenvalue weighted by molar-refractivity contribution is -0.386. The molecule has 0 saturated heterocycles. The molecule has 0 heterocycles. The van der Waals surface area contributed by atoms with Gasteiger partial charge in [-0.2, -0.15) is 0 Å². The minimum atomic E-state index is -0.981. The monoisotopic (exact) mass is 1160 g/mol. The molecular weight excluding hydrogens is 1010 g/mol. The number of hydrogen-bond acceptors (Lipinski definition) is 6. The van der Waals surface area contributed by atoms with E-state index in [1.54, 1.807) is 0 Å². The molecule has 0 amide bonds. The molecule has 6 heteroatoms. The summed E-state index contributed by atoms with van der Waals surface area (Å²) < 4.78 is 27.2. The molecule has 82 heavy (non-hydrogen) atoms. The molecule has 2 atom stereocenters. The van der Waals surface area contributed by atoms with Crippen LogP contribution < -0.4 is 0 Å². The maximum Gasteiger partial charge on any atom is 0.282 e. The average molecular weight is 1160 g/mol. The minimum Gasteiger partial charge on any atom is -0.350 e. The normalized spacial score (nSPS) is 13.0. The van der Waals surface area contributed by atoms with Crippen molar-refractivity contribution in [2.24, 2.45) is 0 Å². The first-order valence-electron chi connectivity index (χ1n) is 38.5. The molecule has 0 aliphatic carbocycles. The van der Waals surface area contributed by atoms with Gasteiger partial charge in [-0.25, -0.2) is 9.78 Å². The first kappa shape index (κ1) is 81.8. The molecule has 0 aromatic carbocycles. The van der Waals surface area contributed by atoms with Crippen LogP contribution in [0.1, 0.15) is 446 Å². The number of unbranched alkanes of at least 4 members (excludes halogenated alkanes) is 56. The molecule has 0 bridgehead atoms. The molecule has 6 nitrogen and oxygen atoms in total. The van der Waals surface area contributed by atoms with Crippen LogP contribution in [0.5, 0.6) is 0 Å². The van der Waals surface area contributed by atoms with Gasteiger partial charge in [-0.3, -0.25) is 0 Å². The predicted molar refractivity (Wildman–Crippen MR) is 361 cm³/mol. The van der Waals surface area contributed by atoms with E-state index < -0.39 is 5.97 Å². The second-order valence-corrected chi connectivity index (χ2v) is 26.1. The van der Waals surface area contributed by atoms with E-state index in [1.165, 1.54) is 353 Å². The maximum atomic E-state index is 6.92. The molecule has 0 fully saturated rings. The van der Waals surface area contributed by atoms with Gasteiger partial charge in [0.05, 0.1) is 26.4 Å². The summed E-state index contributed by atoms with van der Waals surface area (Å²) >= 11 is 0. The Kier molecular flexibility index (Phi) is 73.0. The number of hydrogen-bond donors (Lipinski definition) is 0. The zero-order valence-corrected chi connectivity index (χ0v) is 57.3. The number of rotatable bonds is 76. The van der Waals surface area contributed by atoms with Crippen LogP contribution in [-0.4, -0.2) is 45.3 Å². The molecular formula is C76H154O6. The molecule has 0 saturated carbocycles. The summed E-state index contributed by atoms with van der Waals surface area (Å²) in [5, 5.41) is 0. The Bertz CT molecular complexity index is 1100. The molecule has 0 rings (SSSR count). The highest BCUT2D eigenvalue weighted by Gasteiger charge is 2.33. The van der Waals surface area contributed by atoms with E-state index in [-0.39, 0.29) is 6.29 Å². The Balaban J connectivity index is 5.50. The maximum absolute atomic E-state index is 6.92. The van der Waals surface area contributed by atoms with E-state index in [0.717, 1.165) is 64.4 Å². The fourth-order valence-corrected chi connectivity index (χ4v) is 11.9. The summed E-state index contributed by atoms with van der Waals surface area (Å²) in [5.74, 6) is -0.981. The van der Waals surface area contributed by atoms with Gasteiger partial charge >= 0.3 is 0 Å². The molecule has 0 aromatic rings. The minimum absolute atomic E-state index is 0.342. The van der Waals surface area contributed by atoms with Crippen LogP contribution in [-0.2, 0) is 28.7 Å². The van der Waals surface area contributed by atoms with E-state index in [4.69, 9.17) is 28.7 Å². The van der Waals surface area contributed by atoms with Crippen LogP contribution in [0.25, 0.3) is 0 Å². The zero-order valence-electron chi connectivity index (χ0n) is 57.3. The summed E-state index contributed by atoms with van der Waals surface area (Å²) in [5.41, 5.74) is 0. The van der Waals surface area contributed by atoms with Gasteiger partial charge in [0, 0.05) is 19.4 Å². The number of ether oxygens (including phenoxy) is 4. The molecule has 0 aliphatic heterocycles. The molecule has 0 spiro atoms. The van der Waals surface area contributed by atoms with Crippen LogP contribution >= 0.6 is 0 Å². The van der Waals surface area contributed by atoms with E-state index in [2.05, 4.69) is 34.6 Å². The highest BCUT2D eigenvalue weighted by atomic mass is 17.2. The smallest absolute Gasteiger partial charge is 0.282 e. The summed E-state index contributed by atoms with van der Waals surface area (Å²) in [6.45, 7) is 15.0. The van der Waals surface area contributed by atoms with Crippen molar-refractivity contribution in [3.63, 3.8) is 0 Å². The van der Waals surface area contributed by atoms with Gasteiger partial charge in [0.2, 0.25) is 0 Å². The van der Waals surface area contributed by atoms with Gasteiger partial charge in [0.1, 0.15) is 0 Å². The third-order valence-corrected chi connectivity index (χ3v) is 17.7. The van der Waals surface area contributed by atoms with Gasteiger partial charge < -0.3 is 18.9 Å². The van der Waals surface area contributed by atoms with Crippen LogP contribution in [0, 0.1) is 0 Å². The van der Waals surface area contributed by atoms with Crippen LogP contribution in [0.4, 0.5) is 0 Å². The SMILES string of the molecule is CCCCCCCCCCCCCCCCCCOC(CCCCC(OCCCCCCCCCCCC)(OCCCCCCCCCCCCCC)OCCCCCCCCCCCCCCCC)OOCCCCCCCCCC. The van der Waals surface area contributed by atoms with Crippen molar-refractivity contribution in [2.45, 2.75) is 458 Å². The van der Waals surface area contributed by atoms with E-state index in [9.17, 15) is 0 Å². The largest absolute Gasteiger partial charge is 0.350 e. The van der Waals surface area contributed by atoms with Crippen molar-refractivity contribution in [3.8, 4) is 0 Å². The van der Waals surface area contributed by atoms with E-state index in [1.807, 2.05) is 0 Å². The molecule has 494 valence electrons. The fourth-order valence-electron chi connectivity index (χ4n) is 11.9.